The first-order valence-corrected chi connectivity index (χ1v) is 12.5. The lowest BCUT2D eigenvalue weighted by Gasteiger charge is -2.13. The molecule has 0 fully saturated rings. The summed E-state index contributed by atoms with van der Waals surface area (Å²) >= 11 is 0. The van der Waals surface area contributed by atoms with E-state index in [4.69, 9.17) is 10.7 Å². The van der Waals surface area contributed by atoms with Crippen LogP contribution in [0.2, 0.25) is 0 Å². The quantitative estimate of drug-likeness (QED) is 0.155. The van der Waals surface area contributed by atoms with Gasteiger partial charge in [-0.2, -0.15) is 0 Å². The van der Waals surface area contributed by atoms with E-state index in [1.807, 2.05) is 48.5 Å². The van der Waals surface area contributed by atoms with Crippen molar-refractivity contribution in [2.75, 3.05) is 5.73 Å². The number of carbonyl (C=O) groups is 1. The highest BCUT2D eigenvalue weighted by molar-refractivity contribution is 6.07. The molecule has 0 bridgehead atoms. The van der Waals surface area contributed by atoms with Gasteiger partial charge in [0.1, 0.15) is 24.1 Å². The van der Waals surface area contributed by atoms with Crippen LogP contribution in [-0.2, 0) is 11.3 Å². The summed E-state index contributed by atoms with van der Waals surface area (Å²) in [6, 6.07) is 29.0. The van der Waals surface area contributed by atoms with Gasteiger partial charge in [-0.25, -0.2) is 9.97 Å². The highest BCUT2D eigenvalue weighted by Crippen LogP contribution is 2.42. The molecule has 2 aromatic heterocycles. The summed E-state index contributed by atoms with van der Waals surface area (Å²) in [5.41, 5.74) is 13.6. The molecule has 0 aliphatic rings. The van der Waals surface area contributed by atoms with E-state index < -0.39 is 0 Å². The molecule has 37 heavy (non-hydrogen) atoms. The number of carbonyl (C=O) groups excluding carboxylic acids is 1. The molecule has 3 aromatic carbocycles. The Labute approximate surface area is 217 Å². The van der Waals surface area contributed by atoms with Crippen molar-refractivity contribution in [2.45, 2.75) is 32.2 Å². The summed E-state index contributed by atoms with van der Waals surface area (Å²) < 4.78 is 2.23. The SMILES string of the molecule is Nc1ncnc2c1c(-c1ccccc1)c(-c1ccccc1)n2Cc1cccc(C#CCCCCC=O)c1. The summed E-state index contributed by atoms with van der Waals surface area (Å²) in [5.74, 6) is 6.99. The summed E-state index contributed by atoms with van der Waals surface area (Å²) in [4.78, 5) is 19.5. The first-order chi connectivity index (χ1) is 18.3. The van der Waals surface area contributed by atoms with Gasteiger partial charge >= 0.3 is 0 Å². The van der Waals surface area contributed by atoms with E-state index in [9.17, 15) is 4.79 Å². The lowest BCUT2D eigenvalue weighted by molar-refractivity contribution is -0.107. The number of nitrogens with zero attached hydrogens (tertiary/aromatic N) is 3. The largest absolute Gasteiger partial charge is 0.383 e. The Bertz CT molecular complexity index is 1580. The van der Waals surface area contributed by atoms with E-state index in [0.29, 0.717) is 18.8 Å². The summed E-state index contributed by atoms with van der Waals surface area (Å²) in [7, 11) is 0. The molecule has 0 saturated heterocycles. The molecule has 0 saturated carbocycles. The number of aldehydes is 1. The minimum absolute atomic E-state index is 0.467. The third kappa shape index (κ3) is 5.29. The predicted molar refractivity (Wildman–Crippen MR) is 150 cm³/mol. The summed E-state index contributed by atoms with van der Waals surface area (Å²) in [6.07, 6.45) is 5.71. The van der Waals surface area contributed by atoms with Gasteiger partial charge in [0.2, 0.25) is 0 Å². The van der Waals surface area contributed by atoms with Gasteiger partial charge in [0.25, 0.3) is 0 Å². The van der Waals surface area contributed by atoms with Gasteiger partial charge in [-0.15, -0.1) is 0 Å². The zero-order chi connectivity index (χ0) is 25.5. The number of aromatic nitrogens is 3. The normalized spacial score (nSPS) is 10.7. The van der Waals surface area contributed by atoms with E-state index in [2.05, 4.69) is 57.8 Å². The van der Waals surface area contributed by atoms with Crippen LogP contribution < -0.4 is 5.73 Å². The van der Waals surface area contributed by atoms with Crippen molar-refractivity contribution < 1.29 is 4.79 Å². The number of nitrogen functional groups attached to an aromatic ring is 1. The van der Waals surface area contributed by atoms with Crippen molar-refractivity contribution in [3.05, 3.63) is 102 Å². The van der Waals surface area contributed by atoms with Gasteiger partial charge in [0.05, 0.1) is 11.1 Å². The minimum atomic E-state index is 0.467. The number of anilines is 1. The number of hydrogen-bond acceptors (Lipinski definition) is 4. The Morgan fingerprint density at radius 1 is 0.865 bits per heavy atom. The number of fused-ring (bicyclic) bond motifs is 1. The topological polar surface area (TPSA) is 73.8 Å². The van der Waals surface area contributed by atoms with E-state index in [1.165, 1.54) is 6.33 Å². The smallest absolute Gasteiger partial charge is 0.146 e. The van der Waals surface area contributed by atoms with Gasteiger partial charge in [0.15, 0.2) is 0 Å². The van der Waals surface area contributed by atoms with Crippen molar-refractivity contribution in [1.29, 1.82) is 0 Å². The maximum absolute atomic E-state index is 10.5. The summed E-state index contributed by atoms with van der Waals surface area (Å²) in [6.45, 7) is 0.610. The molecule has 5 rings (SSSR count). The molecular weight excluding hydrogens is 456 g/mol. The zero-order valence-electron chi connectivity index (χ0n) is 20.6. The molecule has 0 aliphatic heterocycles. The molecule has 0 amide bonds. The fourth-order valence-corrected chi connectivity index (χ4v) is 4.66. The highest BCUT2D eigenvalue weighted by atomic mass is 16.1. The number of unbranched alkanes of at least 4 members (excludes halogenated alkanes) is 3. The number of nitrogens with two attached hydrogens (primary N) is 1. The second kappa shape index (κ2) is 11.4. The first-order valence-electron chi connectivity index (χ1n) is 12.5. The van der Waals surface area contributed by atoms with Gasteiger partial charge in [-0.3, -0.25) is 0 Å². The van der Waals surface area contributed by atoms with Gasteiger partial charge in [-0.05, 0) is 41.7 Å². The molecule has 182 valence electrons. The highest BCUT2D eigenvalue weighted by Gasteiger charge is 2.23. The third-order valence-corrected chi connectivity index (χ3v) is 6.35. The number of benzene rings is 3. The standard InChI is InChI=1S/C32H28N4O/c33-31-29-28(26-16-7-4-8-17-26)30(27-18-9-5-10-19-27)36(32(29)35-23-34-31)22-25-15-12-14-24(21-25)13-6-2-1-3-11-20-37/h4-5,7-10,12,14-21,23H,1-3,11,22H2,(H2,33,34,35). The fraction of sp³-hybridized carbons (Fsp3) is 0.156. The molecule has 0 unspecified atom stereocenters. The van der Waals surface area contributed by atoms with Crippen molar-refractivity contribution >= 4 is 23.1 Å². The van der Waals surface area contributed by atoms with E-state index in [1.54, 1.807) is 0 Å². The van der Waals surface area contributed by atoms with Crippen molar-refractivity contribution in [3.63, 3.8) is 0 Å². The van der Waals surface area contributed by atoms with Gasteiger partial charge in [0, 0.05) is 30.5 Å². The molecule has 2 heterocycles. The maximum Gasteiger partial charge on any atom is 0.146 e. The molecule has 0 radical (unpaired) electrons. The van der Waals surface area contributed by atoms with Gasteiger partial charge in [-0.1, -0.05) is 84.6 Å². The zero-order valence-corrected chi connectivity index (χ0v) is 20.6. The van der Waals surface area contributed by atoms with Crippen molar-refractivity contribution in [1.82, 2.24) is 14.5 Å². The van der Waals surface area contributed by atoms with Crippen molar-refractivity contribution in [3.8, 4) is 34.2 Å². The Kier molecular flexibility index (Phi) is 7.38. The van der Waals surface area contributed by atoms with E-state index >= 15 is 0 Å². The molecule has 0 aliphatic carbocycles. The second-order valence-corrected chi connectivity index (χ2v) is 8.91. The minimum Gasteiger partial charge on any atom is -0.383 e. The fourth-order valence-electron chi connectivity index (χ4n) is 4.66. The predicted octanol–water partition coefficient (Wildman–Crippen LogP) is 6.51. The number of rotatable bonds is 8. The molecule has 5 heteroatoms. The molecule has 0 spiro atoms. The van der Waals surface area contributed by atoms with Crippen LogP contribution in [0.25, 0.3) is 33.4 Å². The molecular formula is C32H28N4O. The Balaban J connectivity index is 1.61. The van der Waals surface area contributed by atoms with Gasteiger partial charge < -0.3 is 15.1 Å². The number of hydrogen-bond donors (Lipinski definition) is 1. The lowest BCUT2D eigenvalue weighted by Crippen LogP contribution is -2.04. The molecule has 5 nitrogen and oxygen atoms in total. The molecule has 5 aromatic rings. The molecule has 2 N–H and O–H groups in total. The lowest BCUT2D eigenvalue weighted by atomic mass is 9.99. The second-order valence-electron chi connectivity index (χ2n) is 8.91. The van der Waals surface area contributed by atoms with Crippen LogP contribution in [0.4, 0.5) is 5.82 Å². The van der Waals surface area contributed by atoms with E-state index in [0.717, 1.165) is 70.1 Å². The van der Waals surface area contributed by atoms with Crippen LogP contribution in [0.3, 0.4) is 0 Å². The maximum atomic E-state index is 10.5. The van der Waals surface area contributed by atoms with Crippen LogP contribution in [-0.4, -0.2) is 20.8 Å². The Hall–Kier alpha value is -4.69. The first kappa shape index (κ1) is 24.0. The Morgan fingerprint density at radius 2 is 1.62 bits per heavy atom. The van der Waals surface area contributed by atoms with Crippen molar-refractivity contribution in [2.24, 2.45) is 0 Å². The van der Waals surface area contributed by atoms with Crippen LogP contribution in [0.15, 0.2) is 91.3 Å². The van der Waals surface area contributed by atoms with Crippen LogP contribution in [0.1, 0.15) is 36.8 Å². The Morgan fingerprint density at radius 3 is 2.38 bits per heavy atom. The van der Waals surface area contributed by atoms with Crippen LogP contribution in [0, 0.1) is 11.8 Å². The third-order valence-electron chi connectivity index (χ3n) is 6.35. The van der Waals surface area contributed by atoms with Crippen LogP contribution >= 0.6 is 0 Å². The van der Waals surface area contributed by atoms with E-state index in [-0.39, 0.29) is 0 Å². The van der Waals surface area contributed by atoms with Crippen LogP contribution in [0.5, 0.6) is 0 Å². The summed E-state index contributed by atoms with van der Waals surface area (Å²) in [5, 5.41) is 0.860. The average molecular weight is 485 g/mol. The monoisotopic (exact) mass is 484 g/mol. The average Bonchev–Trinajstić information content (AvgIpc) is 3.27. The molecule has 0 atom stereocenters.